The van der Waals surface area contributed by atoms with Crippen LogP contribution < -0.4 is 5.32 Å². The molecule has 0 aromatic carbocycles. The smallest absolute Gasteiger partial charge is 0.249 e. The predicted octanol–water partition coefficient (Wildman–Crippen LogP) is 11.0. The van der Waals surface area contributed by atoms with Crippen LogP contribution in [0, 0.1) is 0 Å². The molecule has 0 spiro atoms. The normalized spacial score (nSPS) is 20.9. The van der Waals surface area contributed by atoms with Crippen LogP contribution >= 0.6 is 0 Å². The third-order valence-corrected chi connectivity index (χ3v) is 13.5. The number of unbranched alkanes of at least 4 members (excludes halogenated alkanes) is 32. The van der Waals surface area contributed by atoms with Crippen LogP contribution in [0.25, 0.3) is 0 Å². The maximum absolute atomic E-state index is 13.2. The van der Waals surface area contributed by atoms with Crippen LogP contribution in [0.4, 0.5) is 0 Å². The number of nitrogens with one attached hydrogen (secondary N) is 1. The molecule has 390 valence electrons. The molecule has 1 saturated heterocycles. The number of aliphatic hydroxyl groups is 7. The van der Waals surface area contributed by atoms with Gasteiger partial charge in [0.05, 0.1) is 25.4 Å². The molecule has 11 heteroatoms. The van der Waals surface area contributed by atoms with Gasteiger partial charge in [-0.2, -0.15) is 0 Å². The average Bonchev–Trinajstić information content (AvgIpc) is 3.32. The Bertz CT molecular complexity index is 1120. The van der Waals surface area contributed by atoms with E-state index in [4.69, 9.17) is 9.47 Å². The monoisotopic (exact) mass is 940 g/mol. The van der Waals surface area contributed by atoms with Crippen molar-refractivity contribution >= 4 is 5.91 Å². The van der Waals surface area contributed by atoms with E-state index in [1.165, 1.54) is 167 Å². The summed E-state index contributed by atoms with van der Waals surface area (Å²) in [6, 6.07) is -1.17. The van der Waals surface area contributed by atoms with Crippen LogP contribution in [0.1, 0.15) is 251 Å². The Labute approximate surface area is 404 Å². The highest BCUT2D eigenvalue weighted by Gasteiger charge is 2.44. The molecule has 8 N–H and O–H groups in total. The summed E-state index contributed by atoms with van der Waals surface area (Å²) in [6.07, 6.45) is 40.7. The minimum atomic E-state index is -1.66. The summed E-state index contributed by atoms with van der Waals surface area (Å²) < 4.78 is 11.1. The molecule has 1 rings (SSSR count). The van der Waals surface area contributed by atoms with Crippen molar-refractivity contribution in [2.75, 3.05) is 13.2 Å². The number of carbonyl (C=O) groups is 1. The van der Waals surface area contributed by atoms with Crippen molar-refractivity contribution in [3.8, 4) is 0 Å². The first-order chi connectivity index (χ1) is 32.2. The minimum absolute atomic E-state index is 0.256. The summed E-state index contributed by atoms with van der Waals surface area (Å²) in [4.78, 5) is 13.2. The van der Waals surface area contributed by atoms with Crippen molar-refractivity contribution in [1.29, 1.82) is 0 Å². The van der Waals surface area contributed by atoms with Gasteiger partial charge in [0.15, 0.2) is 6.29 Å². The summed E-state index contributed by atoms with van der Waals surface area (Å²) in [5.41, 5.74) is 0. The highest BCUT2D eigenvalue weighted by atomic mass is 16.7. The average molecular weight is 940 g/mol. The summed E-state index contributed by atoms with van der Waals surface area (Å²) in [5, 5.41) is 76.1. The summed E-state index contributed by atoms with van der Waals surface area (Å²) in [6.45, 7) is 3.45. The number of allylic oxidation sites excluding steroid dienone is 4. The number of hydrogen-bond acceptors (Lipinski definition) is 10. The topological polar surface area (TPSA) is 189 Å². The molecule has 0 aliphatic carbocycles. The summed E-state index contributed by atoms with van der Waals surface area (Å²) in [5.74, 6) is -0.699. The zero-order valence-corrected chi connectivity index (χ0v) is 42.4. The predicted molar refractivity (Wildman–Crippen MR) is 270 cm³/mol. The quantitative estimate of drug-likeness (QED) is 0.0215. The summed E-state index contributed by atoms with van der Waals surface area (Å²) in [7, 11) is 0. The highest BCUT2D eigenvalue weighted by Crippen LogP contribution is 2.23. The molecule has 1 heterocycles. The Morgan fingerprint density at radius 2 is 0.909 bits per heavy atom. The molecule has 0 radical (unpaired) electrons. The third kappa shape index (κ3) is 33.2. The van der Waals surface area contributed by atoms with Crippen LogP contribution in [0.15, 0.2) is 24.3 Å². The van der Waals surface area contributed by atoms with Gasteiger partial charge in [0, 0.05) is 0 Å². The molecule has 11 nitrogen and oxygen atoms in total. The lowest BCUT2D eigenvalue weighted by atomic mass is 9.98. The van der Waals surface area contributed by atoms with E-state index in [-0.39, 0.29) is 6.42 Å². The number of hydrogen-bond donors (Lipinski definition) is 8. The van der Waals surface area contributed by atoms with Gasteiger partial charge in [0.1, 0.15) is 36.6 Å². The standard InChI is InChI=1S/C55H105NO10/c1-3-5-7-9-11-13-15-17-19-21-23-24-25-27-28-30-32-34-36-38-40-42-47(58)50(60)46(45-65-55-53(63)52(62)51(61)49(44-57)66-55)56-54(64)48(59)43-41-39-37-35-33-31-29-26-22-20-18-16-14-12-10-8-6-4-2/h12,14,16,18,46-53,55,57-63H,3-11,13,15,17,19-45H2,1-2H3,(H,56,64)/b14-12-,18-16-. The molecular weight excluding hydrogens is 835 g/mol. The second-order valence-corrected chi connectivity index (χ2v) is 19.7. The highest BCUT2D eigenvalue weighted by molar-refractivity contribution is 5.80. The van der Waals surface area contributed by atoms with Gasteiger partial charge in [-0.15, -0.1) is 0 Å². The van der Waals surface area contributed by atoms with Gasteiger partial charge in [0.2, 0.25) is 5.91 Å². The molecule has 0 bridgehead atoms. The first-order valence-electron chi connectivity index (χ1n) is 27.8. The van der Waals surface area contributed by atoms with Gasteiger partial charge in [-0.3, -0.25) is 4.79 Å². The first-order valence-corrected chi connectivity index (χ1v) is 27.8. The number of aliphatic hydroxyl groups excluding tert-OH is 7. The van der Waals surface area contributed by atoms with E-state index in [1.54, 1.807) is 0 Å². The van der Waals surface area contributed by atoms with Gasteiger partial charge in [-0.05, 0) is 38.5 Å². The van der Waals surface area contributed by atoms with Gasteiger partial charge in [-0.25, -0.2) is 0 Å². The maximum Gasteiger partial charge on any atom is 0.249 e. The molecule has 66 heavy (non-hydrogen) atoms. The van der Waals surface area contributed by atoms with Gasteiger partial charge < -0.3 is 50.5 Å². The fourth-order valence-corrected chi connectivity index (χ4v) is 8.96. The van der Waals surface area contributed by atoms with E-state index < -0.39 is 74.2 Å². The van der Waals surface area contributed by atoms with Crippen molar-refractivity contribution < 1.29 is 50.0 Å². The number of carbonyl (C=O) groups excluding carboxylic acids is 1. The number of ether oxygens (including phenoxy) is 2. The van der Waals surface area contributed by atoms with E-state index in [9.17, 15) is 40.5 Å². The molecule has 0 saturated carbocycles. The third-order valence-electron chi connectivity index (χ3n) is 13.5. The molecule has 9 atom stereocenters. The van der Waals surface area contributed by atoms with Crippen molar-refractivity contribution in [2.45, 2.75) is 306 Å². The van der Waals surface area contributed by atoms with Crippen molar-refractivity contribution in [1.82, 2.24) is 5.32 Å². The molecule has 1 aliphatic rings. The molecule has 9 unspecified atom stereocenters. The van der Waals surface area contributed by atoms with Gasteiger partial charge >= 0.3 is 0 Å². The first kappa shape index (κ1) is 62.6. The fourth-order valence-electron chi connectivity index (χ4n) is 8.96. The molecule has 0 aromatic heterocycles. The second-order valence-electron chi connectivity index (χ2n) is 19.7. The molecular formula is C55H105NO10. The molecule has 1 amide bonds. The van der Waals surface area contributed by atoms with E-state index in [0.717, 1.165) is 44.9 Å². The van der Waals surface area contributed by atoms with Crippen LogP contribution in [-0.2, 0) is 14.3 Å². The molecule has 0 aromatic rings. The Hall–Kier alpha value is -1.41. The van der Waals surface area contributed by atoms with E-state index in [0.29, 0.717) is 19.3 Å². The Morgan fingerprint density at radius 1 is 0.530 bits per heavy atom. The van der Waals surface area contributed by atoms with Crippen molar-refractivity contribution in [3.63, 3.8) is 0 Å². The Kier molecular flexibility index (Phi) is 42.5. The van der Waals surface area contributed by atoms with E-state index >= 15 is 0 Å². The van der Waals surface area contributed by atoms with E-state index in [1.807, 2.05) is 0 Å². The van der Waals surface area contributed by atoms with Crippen LogP contribution in [0.3, 0.4) is 0 Å². The minimum Gasteiger partial charge on any atom is -0.394 e. The Morgan fingerprint density at radius 3 is 1.35 bits per heavy atom. The van der Waals surface area contributed by atoms with Crippen LogP contribution in [0.2, 0.25) is 0 Å². The molecule has 1 aliphatic heterocycles. The van der Waals surface area contributed by atoms with Gasteiger partial charge in [0.25, 0.3) is 0 Å². The molecule has 1 fully saturated rings. The lowest BCUT2D eigenvalue weighted by Gasteiger charge is -2.40. The fraction of sp³-hybridized carbons (Fsp3) is 0.909. The zero-order valence-electron chi connectivity index (χ0n) is 42.4. The maximum atomic E-state index is 13.2. The SMILES string of the molecule is CCCCC/C=C\C=C/CCCCCCCCCCCC(O)C(=O)NC(COC1OC(CO)C(O)C(O)C1O)C(O)C(O)CCCCCCCCCCCCCCCCCCCCCCC. The number of rotatable bonds is 47. The zero-order chi connectivity index (χ0) is 48.3. The van der Waals surface area contributed by atoms with Crippen molar-refractivity contribution in [2.24, 2.45) is 0 Å². The lowest BCUT2D eigenvalue weighted by Crippen LogP contribution is -2.60. The van der Waals surface area contributed by atoms with Gasteiger partial charge in [-0.1, -0.05) is 237 Å². The Balaban J connectivity index is 2.34. The van der Waals surface area contributed by atoms with Crippen LogP contribution in [0.5, 0.6) is 0 Å². The number of amides is 1. The van der Waals surface area contributed by atoms with E-state index in [2.05, 4.69) is 43.5 Å². The van der Waals surface area contributed by atoms with Crippen LogP contribution in [-0.4, -0.2) is 110 Å². The van der Waals surface area contributed by atoms with Crippen molar-refractivity contribution in [3.05, 3.63) is 24.3 Å². The lowest BCUT2D eigenvalue weighted by molar-refractivity contribution is -0.303. The largest absolute Gasteiger partial charge is 0.394 e. The summed E-state index contributed by atoms with van der Waals surface area (Å²) >= 11 is 0. The second kappa shape index (κ2) is 44.8.